The van der Waals surface area contributed by atoms with E-state index in [9.17, 15) is 4.79 Å². The van der Waals surface area contributed by atoms with Gasteiger partial charge in [-0.1, -0.05) is 17.7 Å². The molecule has 0 aromatic heterocycles. The van der Waals surface area contributed by atoms with Crippen molar-refractivity contribution in [2.75, 3.05) is 11.1 Å². The lowest BCUT2D eigenvalue weighted by atomic mass is 10.1. The molecule has 0 unspecified atom stereocenters. The van der Waals surface area contributed by atoms with Gasteiger partial charge in [-0.05, 0) is 42.8 Å². The molecular weight excluding hydrogens is 274 g/mol. The fraction of sp³-hybridized carbons (Fsp3) is 0.0667. The van der Waals surface area contributed by atoms with Crippen molar-refractivity contribution >= 4 is 28.9 Å². The zero-order valence-corrected chi connectivity index (χ0v) is 11.5. The molecule has 5 heteroatoms. The van der Waals surface area contributed by atoms with Gasteiger partial charge in [-0.3, -0.25) is 4.79 Å². The minimum atomic E-state index is -0.277. The first-order valence-corrected chi connectivity index (χ1v) is 6.27. The molecule has 0 bridgehead atoms. The molecule has 0 saturated heterocycles. The number of nitrogens with one attached hydrogen (secondary N) is 1. The molecule has 0 spiro atoms. The van der Waals surface area contributed by atoms with Crippen molar-refractivity contribution in [3.63, 3.8) is 0 Å². The lowest BCUT2D eigenvalue weighted by Gasteiger charge is -2.09. The first-order valence-electron chi connectivity index (χ1n) is 5.89. The van der Waals surface area contributed by atoms with Gasteiger partial charge in [0, 0.05) is 16.9 Å². The number of anilines is 2. The molecule has 2 rings (SSSR count). The van der Waals surface area contributed by atoms with Gasteiger partial charge >= 0.3 is 0 Å². The number of nitrogen functional groups attached to an aromatic ring is 1. The molecule has 100 valence electrons. The summed E-state index contributed by atoms with van der Waals surface area (Å²) in [6, 6.07) is 11.9. The predicted octanol–water partition coefficient (Wildman–Crippen LogP) is 3.35. The Hall–Kier alpha value is -2.51. The fourth-order valence-electron chi connectivity index (χ4n) is 1.79. The summed E-state index contributed by atoms with van der Waals surface area (Å²) in [5.74, 6) is -0.277. The minimum absolute atomic E-state index is 0.277. The second-order valence-corrected chi connectivity index (χ2v) is 4.69. The van der Waals surface area contributed by atoms with E-state index in [4.69, 9.17) is 22.6 Å². The highest BCUT2D eigenvalue weighted by atomic mass is 35.5. The summed E-state index contributed by atoms with van der Waals surface area (Å²) in [4.78, 5) is 12.2. The van der Waals surface area contributed by atoms with E-state index >= 15 is 0 Å². The van der Waals surface area contributed by atoms with E-state index in [1.54, 1.807) is 37.3 Å². The molecule has 2 aromatic carbocycles. The van der Waals surface area contributed by atoms with Crippen molar-refractivity contribution in [3.05, 3.63) is 58.1 Å². The summed E-state index contributed by atoms with van der Waals surface area (Å²) in [5, 5.41) is 12.0. The molecule has 3 N–H and O–H groups in total. The van der Waals surface area contributed by atoms with Crippen molar-refractivity contribution in [3.8, 4) is 6.07 Å². The number of nitrogens with zero attached hydrogens (tertiary/aromatic N) is 1. The molecule has 20 heavy (non-hydrogen) atoms. The second-order valence-electron chi connectivity index (χ2n) is 4.28. The van der Waals surface area contributed by atoms with Gasteiger partial charge in [-0.25, -0.2) is 0 Å². The van der Waals surface area contributed by atoms with E-state index in [1.165, 1.54) is 6.07 Å². The maximum absolute atomic E-state index is 12.2. The number of halogens is 1. The van der Waals surface area contributed by atoms with Crippen LogP contribution in [0.3, 0.4) is 0 Å². The molecule has 0 heterocycles. The van der Waals surface area contributed by atoms with E-state index < -0.39 is 0 Å². The zero-order valence-electron chi connectivity index (χ0n) is 10.8. The third kappa shape index (κ3) is 2.73. The van der Waals surface area contributed by atoms with Crippen LogP contribution in [0.25, 0.3) is 0 Å². The van der Waals surface area contributed by atoms with Crippen molar-refractivity contribution in [1.29, 1.82) is 5.26 Å². The molecule has 0 saturated carbocycles. The van der Waals surface area contributed by atoms with Crippen LogP contribution in [0.15, 0.2) is 36.4 Å². The average Bonchev–Trinajstić information content (AvgIpc) is 2.43. The molecule has 0 atom stereocenters. The van der Waals surface area contributed by atoms with Crippen molar-refractivity contribution in [1.82, 2.24) is 0 Å². The standard InChI is InChI=1S/C15H12ClN3O/c1-9-12(3-2-4-14(9)18)15(20)19-11-5-6-13(16)10(7-11)8-17/h2-7H,18H2,1H3,(H,19,20). The van der Waals surface area contributed by atoms with Crippen molar-refractivity contribution in [2.45, 2.75) is 6.92 Å². The largest absolute Gasteiger partial charge is 0.398 e. The van der Waals surface area contributed by atoms with Crippen LogP contribution in [0.4, 0.5) is 11.4 Å². The van der Waals surface area contributed by atoms with Gasteiger partial charge in [0.25, 0.3) is 5.91 Å². The third-order valence-corrected chi connectivity index (χ3v) is 3.29. The molecule has 4 nitrogen and oxygen atoms in total. The molecule has 0 aliphatic heterocycles. The van der Waals surface area contributed by atoms with Crippen LogP contribution < -0.4 is 11.1 Å². The highest BCUT2D eigenvalue weighted by molar-refractivity contribution is 6.31. The molecule has 0 aliphatic carbocycles. The Morgan fingerprint density at radius 1 is 1.35 bits per heavy atom. The normalized spacial score (nSPS) is 9.85. The van der Waals surface area contributed by atoms with E-state index in [0.717, 1.165) is 5.56 Å². The molecule has 0 fully saturated rings. The Morgan fingerprint density at radius 2 is 2.10 bits per heavy atom. The molecule has 2 aromatic rings. The van der Waals surface area contributed by atoms with E-state index in [1.807, 2.05) is 6.07 Å². The summed E-state index contributed by atoms with van der Waals surface area (Å²) >= 11 is 5.84. The number of nitriles is 1. The van der Waals surface area contributed by atoms with Crippen LogP contribution in [0.1, 0.15) is 21.5 Å². The van der Waals surface area contributed by atoms with E-state index in [-0.39, 0.29) is 5.91 Å². The first kappa shape index (κ1) is 13.9. The number of rotatable bonds is 2. The quantitative estimate of drug-likeness (QED) is 0.831. The number of nitrogens with two attached hydrogens (primary N) is 1. The summed E-state index contributed by atoms with van der Waals surface area (Å²) in [7, 11) is 0. The molecular formula is C15H12ClN3O. The lowest BCUT2D eigenvalue weighted by Crippen LogP contribution is -2.14. The Balaban J connectivity index is 2.29. The number of hydrogen-bond acceptors (Lipinski definition) is 3. The van der Waals surface area contributed by atoms with Crippen LogP contribution in [-0.4, -0.2) is 5.91 Å². The number of carbonyl (C=O) groups is 1. The van der Waals surface area contributed by atoms with Crippen LogP contribution >= 0.6 is 11.6 Å². The summed E-state index contributed by atoms with van der Waals surface area (Å²) < 4.78 is 0. The SMILES string of the molecule is Cc1c(N)cccc1C(=O)Nc1ccc(Cl)c(C#N)c1. The van der Waals surface area contributed by atoms with Gasteiger partial charge in [0.2, 0.25) is 0 Å². The smallest absolute Gasteiger partial charge is 0.256 e. The van der Waals surface area contributed by atoms with Gasteiger partial charge in [-0.15, -0.1) is 0 Å². The Labute approximate surface area is 121 Å². The minimum Gasteiger partial charge on any atom is -0.398 e. The monoisotopic (exact) mass is 285 g/mol. The van der Waals surface area contributed by atoms with Gasteiger partial charge < -0.3 is 11.1 Å². The van der Waals surface area contributed by atoms with Gasteiger partial charge in [-0.2, -0.15) is 5.26 Å². The number of carbonyl (C=O) groups excluding carboxylic acids is 1. The van der Waals surface area contributed by atoms with Crippen LogP contribution in [-0.2, 0) is 0 Å². The third-order valence-electron chi connectivity index (χ3n) is 2.97. The second kappa shape index (κ2) is 5.64. The number of benzene rings is 2. The van der Waals surface area contributed by atoms with E-state index in [2.05, 4.69) is 5.32 Å². The topological polar surface area (TPSA) is 78.9 Å². The summed E-state index contributed by atoms with van der Waals surface area (Å²) in [6.07, 6.45) is 0. The average molecular weight is 286 g/mol. The zero-order chi connectivity index (χ0) is 14.7. The Morgan fingerprint density at radius 3 is 2.80 bits per heavy atom. The summed E-state index contributed by atoms with van der Waals surface area (Å²) in [6.45, 7) is 1.78. The lowest BCUT2D eigenvalue weighted by molar-refractivity contribution is 0.102. The van der Waals surface area contributed by atoms with Crippen LogP contribution in [0.5, 0.6) is 0 Å². The maximum atomic E-state index is 12.2. The number of hydrogen-bond donors (Lipinski definition) is 2. The Kier molecular flexibility index (Phi) is 3.92. The molecule has 0 radical (unpaired) electrons. The fourth-order valence-corrected chi connectivity index (χ4v) is 1.95. The predicted molar refractivity (Wildman–Crippen MR) is 79.7 cm³/mol. The van der Waals surface area contributed by atoms with Gasteiger partial charge in [0.05, 0.1) is 10.6 Å². The highest BCUT2D eigenvalue weighted by Crippen LogP contribution is 2.21. The Bertz CT molecular complexity index is 720. The highest BCUT2D eigenvalue weighted by Gasteiger charge is 2.11. The number of amides is 1. The molecule has 1 amide bonds. The van der Waals surface area contributed by atoms with Crippen molar-refractivity contribution < 1.29 is 4.79 Å². The molecule has 0 aliphatic rings. The summed E-state index contributed by atoms with van der Waals surface area (Å²) in [5.41, 5.74) is 8.38. The first-order chi connectivity index (χ1) is 9.52. The van der Waals surface area contributed by atoms with Crippen LogP contribution in [0.2, 0.25) is 5.02 Å². The van der Waals surface area contributed by atoms with Crippen LogP contribution in [0, 0.1) is 18.3 Å². The van der Waals surface area contributed by atoms with Gasteiger partial charge in [0.15, 0.2) is 0 Å². The van der Waals surface area contributed by atoms with Gasteiger partial charge in [0.1, 0.15) is 6.07 Å². The van der Waals surface area contributed by atoms with Crippen molar-refractivity contribution in [2.24, 2.45) is 0 Å². The maximum Gasteiger partial charge on any atom is 0.256 e. The van der Waals surface area contributed by atoms with E-state index in [0.29, 0.717) is 27.5 Å².